The van der Waals surface area contributed by atoms with Crippen molar-refractivity contribution in [1.82, 2.24) is 5.32 Å². The fourth-order valence-corrected chi connectivity index (χ4v) is 1.82. The minimum absolute atomic E-state index is 0.190. The second-order valence-electron chi connectivity index (χ2n) is 3.08. The van der Waals surface area contributed by atoms with E-state index in [1.807, 2.05) is 0 Å². The maximum Gasteiger partial charge on any atom is 0.343 e. The van der Waals surface area contributed by atoms with Crippen LogP contribution in [0.2, 0.25) is 0 Å². The monoisotopic (exact) mass is 255 g/mol. The summed E-state index contributed by atoms with van der Waals surface area (Å²) in [6, 6.07) is -0.969. The molecule has 0 fully saturated rings. The predicted molar refractivity (Wildman–Crippen MR) is 57.1 cm³/mol. The first-order chi connectivity index (χ1) is 7.40. The molecule has 0 saturated heterocycles. The lowest BCUT2D eigenvalue weighted by Crippen LogP contribution is -2.45. The van der Waals surface area contributed by atoms with Gasteiger partial charge in [0, 0.05) is 14.2 Å². The Labute approximate surface area is 94.6 Å². The van der Waals surface area contributed by atoms with Gasteiger partial charge in [-0.05, 0) is 6.92 Å². The molecule has 0 aliphatic carbocycles. The van der Waals surface area contributed by atoms with Gasteiger partial charge >= 0.3 is 13.6 Å². The molecule has 0 rings (SSSR count). The Morgan fingerprint density at radius 3 is 2.19 bits per heavy atom. The molecule has 0 aromatic heterocycles. The van der Waals surface area contributed by atoms with Gasteiger partial charge in [0.25, 0.3) is 0 Å². The summed E-state index contributed by atoms with van der Waals surface area (Å²) >= 11 is 0. The zero-order valence-electron chi connectivity index (χ0n) is 9.80. The van der Waals surface area contributed by atoms with E-state index in [9.17, 15) is 14.5 Å². The number of hydrogen-bond acceptors (Lipinski definition) is 7. The Balaban J connectivity index is 4.44. The number of methoxy groups -OCH3 is 1. The van der Waals surface area contributed by atoms with Gasteiger partial charge in [0.15, 0.2) is 0 Å². The summed E-state index contributed by atoms with van der Waals surface area (Å²) in [6.45, 7) is 1.42. The van der Waals surface area contributed by atoms with Crippen molar-refractivity contribution in [2.24, 2.45) is 0 Å². The molecule has 0 amide bonds. The van der Waals surface area contributed by atoms with E-state index in [0.29, 0.717) is 0 Å². The van der Waals surface area contributed by atoms with E-state index in [1.54, 1.807) is 0 Å². The molecule has 0 bridgehead atoms. The molecular formula is C8H18NO6P. The number of rotatable bonds is 7. The van der Waals surface area contributed by atoms with E-state index < -0.39 is 25.7 Å². The van der Waals surface area contributed by atoms with E-state index in [4.69, 9.17) is 0 Å². The average Bonchev–Trinajstić information content (AvgIpc) is 2.28. The van der Waals surface area contributed by atoms with Gasteiger partial charge < -0.3 is 18.9 Å². The van der Waals surface area contributed by atoms with Crippen LogP contribution in [0, 0.1) is 0 Å². The Hall–Kier alpha value is -0.460. The Bertz CT molecular complexity index is 261. The van der Waals surface area contributed by atoms with Gasteiger partial charge in [0.1, 0.15) is 6.04 Å². The van der Waals surface area contributed by atoms with Gasteiger partial charge in [-0.2, -0.15) is 0 Å². The van der Waals surface area contributed by atoms with Crippen LogP contribution in [-0.4, -0.2) is 50.8 Å². The lowest BCUT2D eigenvalue weighted by atomic mass is 10.2. The van der Waals surface area contributed by atoms with Crippen molar-refractivity contribution >= 4 is 13.6 Å². The number of aliphatic hydroxyl groups is 1. The van der Waals surface area contributed by atoms with Gasteiger partial charge in [-0.15, -0.1) is 0 Å². The van der Waals surface area contributed by atoms with Crippen LogP contribution in [0.25, 0.3) is 0 Å². The maximum absolute atomic E-state index is 11.6. The molecular weight excluding hydrogens is 237 g/mol. The van der Waals surface area contributed by atoms with Crippen molar-refractivity contribution in [3.63, 3.8) is 0 Å². The van der Waals surface area contributed by atoms with Crippen molar-refractivity contribution in [1.29, 1.82) is 0 Å². The molecule has 16 heavy (non-hydrogen) atoms. The molecule has 8 heteroatoms. The van der Waals surface area contributed by atoms with Gasteiger partial charge in [0.05, 0.1) is 19.5 Å². The first-order valence-electron chi connectivity index (χ1n) is 4.60. The molecule has 7 nitrogen and oxygen atoms in total. The summed E-state index contributed by atoms with van der Waals surface area (Å²) in [4.78, 5) is 11.2. The van der Waals surface area contributed by atoms with Crippen molar-refractivity contribution in [2.45, 2.75) is 19.1 Å². The quantitative estimate of drug-likeness (QED) is 0.486. The Morgan fingerprint density at radius 1 is 1.38 bits per heavy atom. The minimum atomic E-state index is -3.25. The Kier molecular flexibility index (Phi) is 6.78. The van der Waals surface area contributed by atoms with Gasteiger partial charge in [-0.25, -0.2) is 0 Å². The first-order valence-corrected chi connectivity index (χ1v) is 6.32. The number of carbonyl (C=O) groups excluding carboxylic acids is 1. The van der Waals surface area contributed by atoms with Crippen LogP contribution in [-0.2, 0) is 23.1 Å². The smallest absolute Gasteiger partial charge is 0.343 e. The molecule has 0 spiro atoms. The second kappa shape index (κ2) is 6.98. The summed E-state index contributed by atoms with van der Waals surface area (Å²) in [6.07, 6.45) is -1.17. The van der Waals surface area contributed by atoms with Crippen LogP contribution in [0.4, 0.5) is 0 Å². The van der Waals surface area contributed by atoms with Crippen molar-refractivity contribution in [3.8, 4) is 0 Å². The molecule has 0 aliphatic heterocycles. The third-order valence-corrected chi connectivity index (χ3v) is 3.68. The molecule has 2 atom stereocenters. The normalized spacial score (nSPS) is 15.6. The number of aliphatic hydroxyl groups excluding tert-OH is 1. The highest BCUT2D eigenvalue weighted by atomic mass is 31.2. The summed E-state index contributed by atoms with van der Waals surface area (Å²) in [5.41, 5.74) is 0. The standard InChI is InChI=1S/C8H18NO6P/c1-6(10)7(8(11)13-2)9-5-16(12,14-3)15-4/h6-7,9-10H,5H2,1-4H3. The second-order valence-corrected chi connectivity index (χ2v) is 5.35. The fraction of sp³-hybridized carbons (Fsp3) is 0.875. The lowest BCUT2D eigenvalue weighted by molar-refractivity contribution is -0.145. The summed E-state index contributed by atoms with van der Waals surface area (Å²) in [5, 5.41) is 11.9. The first kappa shape index (κ1) is 15.5. The molecule has 0 aromatic carbocycles. The number of hydrogen-bond donors (Lipinski definition) is 2. The van der Waals surface area contributed by atoms with Gasteiger partial charge in [-0.1, -0.05) is 0 Å². The lowest BCUT2D eigenvalue weighted by Gasteiger charge is -2.21. The van der Waals surface area contributed by atoms with E-state index in [2.05, 4.69) is 19.1 Å². The minimum Gasteiger partial charge on any atom is -0.468 e. The summed E-state index contributed by atoms with van der Waals surface area (Å²) in [5.74, 6) is -0.645. The molecule has 0 aromatic rings. The van der Waals surface area contributed by atoms with E-state index in [-0.39, 0.29) is 6.29 Å². The largest absolute Gasteiger partial charge is 0.468 e. The number of esters is 1. The number of carbonyl (C=O) groups is 1. The van der Waals surface area contributed by atoms with Crippen molar-refractivity contribution in [2.75, 3.05) is 27.6 Å². The Morgan fingerprint density at radius 2 is 1.88 bits per heavy atom. The van der Waals surface area contributed by atoms with E-state index in [0.717, 1.165) is 0 Å². The van der Waals surface area contributed by atoms with E-state index in [1.165, 1.54) is 28.3 Å². The zero-order chi connectivity index (χ0) is 12.8. The van der Waals surface area contributed by atoms with Gasteiger partial charge in [0.2, 0.25) is 0 Å². The fourth-order valence-electron chi connectivity index (χ4n) is 0.992. The molecule has 0 heterocycles. The highest BCUT2D eigenvalue weighted by molar-refractivity contribution is 7.53. The van der Waals surface area contributed by atoms with Crippen LogP contribution in [0.15, 0.2) is 0 Å². The van der Waals surface area contributed by atoms with Crippen LogP contribution < -0.4 is 5.32 Å². The summed E-state index contributed by atoms with van der Waals surface area (Å²) < 4.78 is 25.5. The van der Waals surface area contributed by atoms with Crippen LogP contribution in [0.1, 0.15) is 6.92 Å². The van der Waals surface area contributed by atoms with Crippen LogP contribution in [0.3, 0.4) is 0 Å². The third-order valence-electron chi connectivity index (χ3n) is 2.00. The average molecular weight is 255 g/mol. The van der Waals surface area contributed by atoms with E-state index >= 15 is 0 Å². The maximum atomic E-state index is 11.6. The highest BCUT2D eigenvalue weighted by Gasteiger charge is 2.29. The third kappa shape index (κ3) is 4.59. The number of ether oxygens (including phenoxy) is 1. The molecule has 2 N–H and O–H groups in total. The molecule has 96 valence electrons. The van der Waals surface area contributed by atoms with Crippen LogP contribution in [0.5, 0.6) is 0 Å². The van der Waals surface area contributed by atoms with Gasteiger partial charge in [-0.3, -0.25) is 14.7 Å². The topological polar surface area (TPSA) is 94.1 Å². The molecule has 0 saturated carbocycles. The molecule has 0 radical (unpaired) electrons. The molecule has 2 unspecified atom stereocenters. The van der Waals surface area contributed by atoms with Crippen LogP contribution >= 0.6 is 7.60 Å². The predicted octanol–water partition coefficient (Wildman–Crippen LogP) is -0.0582. The van der Waals surface area contributed by atoms with Crippen molar-refractivity contribution in [3.05, 3.63) is 0 Å². The molecule has 0 aliphatic rings. The SMILES string of the molecule is COC(=O)C(NCP(=O)(OC)OC)C(C)O. The summed E-state index contributed by atoms with van der Waals surface area (Å²) in [7, 11) is 0.420. The highest BCUT2D eigenvalue weighted by Crippen LogP contribution is 2.44. The number of nitrogens with one attached hydrogen (secondary N) is 1. The van der Waals surface area contributed by atoms with Crippen molar-refractivity contribution < 1.29 is 28.3 Å². The zero-order valence-corrected chi connectivity index (χ0v) is 10.7.